The third-order valence-electron chi connectivity index (χ3n) is 1.51. The van der Waals surface area contributed by atoms with Crippen molar-refractivity contribution in [2.45, 2.75) is 19.3 Å². The van der Waals surface area contributed by atoms with Gasteiger partial charge in [0.1, 0.15) is 0 Å². The third-order valence-corrected chi connectivity index (χ3v) is 2.21. The minimum Gasteiger partial charge on any atom is -0.198 e. The van der Waals surface area contributed by atoms with Gasteiger partial charge in [0.05, 0.1) is 12.0 Å². The Morgan fingerprint density at radius 2 is 2.60 bits per heavy atom. The first kappa shape index (κ1) is 7.30. The van der Waals surface area contributed by atoms with Gasteiger partial charge in [-0.2, -0.15) is 16.6 Å². The molecule has 0 N–H and O–H groups in total. The molecule has 2 heteroatoms. The number of nitrogens with zero attached hydrogens (tertiary/aromatic N) is 1. The first-order valence-corrected chi connectivity index (χ1v) is 4.24. The Balaban J connectivity index is 2.76. The second-order valence-electron chi connectivity index (χ2n) is 2.15. The van der Waals surface area contributed by atoms with Crippen molar-refractivity contribution in [3.63, 3.8) is 0 Å². The van der Waals surface area contributed by atoms with E-state index < -0.39 is 0 Å². The molecule has 10 heavy (non-hydrogen) atoms. The monoisotopic (exact) mass is 151 g/mol. The highest BCUT2D eigenvalue weighted by atomic mass is 32.1. The predicted molar refractivity (Wildman–Crippen MR) is 43.0 cm³/mol. The van der Waals surface area contributed by atoms with E-state index in [1.165, 1.54) is 0 Å². The molecule has 0 bridgehead atoms. The molecular formula is C8H9NS. The van der Waals surface area contributed by atoms with E-state index in [-0.39, 0.29) is 5.92 Å². The van der Waals surface area contributed by atoms with Gasteiger partial charge < -0.3 is 0 Å². The third kappa shape index (κ3) is 1.37. The van der Waals surface area contributed by atoms with Crippen LogP contribution in [0, 0.1) is 11.3 Å². The summed E-state index contributed by atoms with van der Waals surface area (Å²) < 4.78 is 0. The van der Waals surface area contributed by atoms with E-state index in [9.17, 15) is 0 Å². The molecule has 0 aliphatic heterocycles. The zero-order valence-corrected chi connectivity index (χ0v) is 6.69. The smallest absolute Gasteiger partial charge is 0.0718 e. The fourth-order valence-corrected chi connectivity index (χ4v) is 1.59. The maximum absolute atomic E-state index is 8.65. The first-order chi connectivity index (χ1) is 4.88. The van der Waals surface area contributed by atoms with Gasteiger partial charge in [0.15, 0.2) is 0 Å². The van der Waals surface area contributed by atoms with Crippen molar-refractivity contribution in [1.29, 1.82) is 5.26 Å². The summed E-state index contributed by atoms with van der Waals surface area (Å²) in [5.74, 6) is 0.103. The van der Waals surface area contributed by atoms with Crippen molar-refractivity contribution >= 4 is 11.3 Å². The lowest BCUT2D eigenvalue weighted by Crippen LogP contribution is -1.89. The average Bonchev–Trinajstić information content (AvgIpc) is 2.43. The lowest BCUT2D eigenvalue weighted by Gasteiger charge is -1.99. The van der Waals surface area contributed by atoms with Crippen LogP contribution >= 0.6 is 11.3 Å². The largest absolute Gasteiger partial charge is 0.198 e. The molecular weight excluding hydrogens is 142 g/mol. The van der Waals surface area contributed by atoms with Crippen LogP contribution in [0.4, 0.5) is 0 Å². The summed E-state index contributed by atoms with van der Waals surface area (Å²) in [5, 5.41) is 12.7. The van der Waals surface area contributed by atoms with Crippen molar-refractivity contribution < 1.29 is 0 Å². The summed E-state index contributed by atoms with van der Waals surface area (Å²) in [6.45, 7) is 2.03. The summed E-state index contributed by atoms with van der Waals surface area (Å²) in [6.07, 6.45) is 0.910. The molecule has 1 rings (SSSR count). The summed E-state index contributed by atoms with van der Waals surface area (Å²) in [5.41, 5.74) is 1.16. The predicted octanol–water partition coefficient (Wildman–Crippen LogP) is 2.77. The molecule has 1 aromatic rings. The highest BCUT2D eigenvalue weighted by molar-refractivity contribution is 7.08. The molecule has 0 aliphatic rings. The molecule has 0 spiro atoms. The van der Waals surface area contributed by atoms with Crippen LogP contribution in [0.25, 0.3) is 0 Å². The van der Waals surface area contributed by atoms with Gasteiger partial charge in [-0.25, -0.2) is 0 Å². The average molecular weight is 151 g/mol. The molecule has 1 aromatic heterocycles. The number of nitriles is 1. The zero-order valence-electron chi connectivity index (χ0n) is 5.87. The van der Waals surface area contributed by atoms with Crippen molar-refractivity contribution in [2.24, 2.45) is 0 Å². The van der Waals surface area contributed by atoms with Crippen LogP contribution in [0.2, 0.25) is 0 Å². The second kappa shape index (κ2) is 3.38. The topological polar surface area (TPSA) is 23.8 Å². The molecule has 0 aliphatic carbocycles. The summed E-state index contributed by atoms with van der Waals surface area (Å²) in [4.78, 5) is 0. The molecule has 0 saturated carbocycles. The lowest BCUT2D eigenvalue weighted by molar-refractivity contribution is 0.822. The molecule has 1 heterocycles. The van der Waals surface area contributed by atoms with Gasteiger partial charge >= 0.3 is 0 Å². The van der Waals surface area contributed by atoms with Gasteiger partial charge in [-0.15, -0.1) is 0 Å². The van der Waals surface area contributed by atoms with Crippen LogP contribution in [0.1, 0.15) is 24.8 Å². The molecule has 1 nitrogen and oxygen atoms in total. The van der Waals surface area contributed by atoms with E-state index in [0.717, 1.165) is 12.0 Å². The van der Waals surface area contributed by atoms with Crippen LogP contribution in [0.3, 0.4) is 0 Å². The van der Waals surface area contributed by atoms with Crippen LogP contribution in [0.5, 0.6) is 0 Å². The maximum Gasteiger partial charge on any atom is 0.0718 e. The van der Waals surface area contributed by atoms with Gasteiger partial charge in [-0.3, -0.25) is 0 Å². The van der Waals surface area contributed by atoms with E-state index >= 15 is 0 Å². The molecule has 0 radical (unpaired) electrons. The lowest BCUT2D eigenvalue weighted by atomic mass is 10.0. The van der Waals surface area contributed by atoms with Crippen LogP contribution in [-0.4, -0.2) is 0 Å². The summed E-state index contributed by atoms with van der Waals surface area (Å²) in [6, 6.07) is 4.28. The van der Waals surface area contributed by atoms with Crippen LogP contribution in [0.15, 0.2) is 16.8 Å². The second-order valence-corrected chi connectivity index (χ2v) is 2.93. The number of hydrogen-bond acceptors (Lipinski definition) is 2. The molecule has 0 aromatic carbocycles. The number of thiophene rings is 1. The van der Waals surface area contributed by atoms with Gasteiger partial charge in [0.2, 0.25) is 0 Å². The fourth-order valence-electron chi connectivity index (χ4n) is 0.875. The van der Waals surface area contributed by atoms with Crippen molar-refractivity contribution in [3.05, 3.63) is 22.4 Å². The first-order valence-electron chi connectivity index (χ1n) is 3.30. The highest BCUT2D eigenvalue weighted by Crippen LogP contribution is 2.20. The highest BCUT2D eigenvalue weighted by Gasteiger charge is 2.06. The zero-order chi connectivity index (χ0) is 7.40. The Morgan fingerprint density at radius 1 is 1.80 bits per heavy atom. The van der Waals surface area contributed by atoms with E-state index in [1.807, 2.05) is 23.8 Å². The summed E-state index contributed by atoms with van der Waals surface area (Å²) >= 11 is 1.65. The number of rotatable bonds is 2. The van der Waals surface area contributed by atoms with E-state index in [1.54, 1.807) is 11.3 Å². The van der Waals surface area contributed by atoms with Gasteiger partial charge in [0.25, 0.3) is 0 Å². The normalized spacial score (nSPS) is 12.4. The molecule has 0 fully saturated rings. The number of hydrogen-bond donors (Lipinski definition) is 0. The minimum absolute atomic E-state index is 0.103. The van der Waals surface area contributed by atoms with Crippen molar-refractivity contribution in [2.75, 3.05) is 0 Å². The van der Waals surface area contributed by atoms with E-state index in [2.05, 4.69) is 6.07 Å². The van der Waals surface area contributed by atoms with Crippen LogP contribution in [-0.2, 0) is 0 Å². The van der Waals surface area contributed by atoms with E-state index in [0.29, 0.717) is 0 Å². The standard InChI is InChI=1S/C8H9NS/c1-2-7(5-9)8-3-4-10-6-8/h3-4,6-7H,2H2,1H3. The Hall–Kier alpha value is -0.810. The van der Waals surface area contributed by atoms with Gasteiger partial charge in [0, 0.05) is 0 Å². The Morgan fingerprint density at radius 3 is 3.00 bits per heavy atom. The van der Waals surface area contributed by atoms with E-state index in [4.69, 9.17) is 5.26 Å². The minimum atomic E-state index is 0.103. The van der Waals surface area contributed by atoms with Gasteiger partial charge in [-0.05, 0) is 28.8 Å². The van der Waals surface area contributed by atoms with Gasteiger partial charge in [-0.1, -0.05) is 6.92 Å². The maximum atomic E-state index is 8.65. The Labute approximate surface area is 64.9 Å². The van der Waals surface area contributed by atoms with Crippen LogP contribution < -0.4 is 0 Å². The summed E-state index contributed by atoms with van der Waals surface area (Å²) in [7, 11) is 0. The molecule has 0 amide bonds. The fraction of sp³-hybridized carbons (Fsp3) is 0.375. The Bertz CT molecular complexity index is 220. The van der Waals surface area contributed by atoms with Crippen molar-refractivity contribution in [1.82, 2.24) is 0 Å². The molecule has 1 atom stereocenters. The van der Waals surface area contributed by atoms with Crippen molar-refractivity contribution in [3.8, 4) is 6.07 Å². The quantitative estimate of drug-likeness (QED) is 0.637. The molecule has 52 valence electrons. The molecule has 1 unspecified atom stereocenters. The SMILES string of the molecule is CCC(C#N)c1ccsc1. The Kier molecular flexibility index (Phi) is 2.47. The molecule has 0 saturated heterocycles.